The monoisotopic (exact) mass is 568 g/mol. The van der Waals surface area contributed by atoms with Crippen LogP contribution < -0.4 is 10.5 Å². The van der Waals surface area contributed by atoms with Gasteiger partial charge in [0, 0.05) is 30.1 Å². The minimum absolute atomic E-state index is 0.0118. The van der Waals surface area contributed by atoms with Gasteiger partial charge in [-0.3, -0.25) is 19.1 Å². The lowest BCUT2D eigenvalue weighted by Crippen LogP contribution is -2.54. The van der Waals surface area contributed by atoms with Crippen molar-refractivity contribution < 1.29 is 27.9 Å². The quantitative estimate of drug-likeness (QED) is 0.485. The van der Waals surface area contributed by atoms with Crippen molar-refractivity contribution in [3.63, 3.8) is 0 Å². The number of amides is 3. The van der Waals surface area contributed by atoms with Crippen LogP contribution in [0.2, 0.25) is 5.02 Å². The molecule has 206 valence electrons. The molecule has 0 saturated heterocycles. The van der Waals surface area contributed by atoms with E-state index >= 15 is 0 Å². The number of hydrogen-bond acceptors (Lipinski definition) is 6. The van der Waals surface area contributed by atoms with Crippen LogP contribution in [-0.4, -0.2) is 56.0 Å². The zero-order chi connectivity index (χ0) is 28.7. The molecule has 5 rings (SSSR count). The van der Waals surface area contributed by atoms with E-state index in [0.29, 0.717) is 28.8 Å². The first-order chi connectivity index (χ1) is 19.1. The maximum absolute atomic E-state index is 13.8. The largest absolute Gasteiger partial charge is 0.435 e. The van der Waals surface area contributed by atoms with Gasteiger partial charge in [0.2, 0.25) is 5.91 Å². The van der Waals surface area contributed by atoms with E-state index in [-0.39, 0.29) is 53.6 Å². The second-order valence-corrected chi connectivity index (χ2v) is 10.0. The van der Waals surface area contributed by atoms with Gasteiger partial charge in [0.1, 0.15) is 23.6 Å². The lowest BCUT2D eigenvalue weighted by atomic mass is 9.96. The van der Waals surface area contributed by atoms with Crippen LogP contribution in [0.5, 0.6) is 5.75 Å². The van der Waals surface area contributed by atoms with Crippen molar-refractivity contribution in [1.82, 2.24) is 19.6 Å². The molecule has 2 N–H and O–H groups in total. The Morgan fingerprint density at radius 3 is 2.62 bits per heavy atom. The number of alkyl halides is 2. The van der Waals surface area contributed by atoms with Gasteiger partial charge >= 0.3 is 6.61 Å². The number of aromatic nitrogens is 2. The average molecular weight is 569 g/mol. The summed E-state index contributed by atoms with van der Waals surface area (Å²) in [6.07, 6.45) is 0.375. The van der Waals surface area contributed by atoms with Gasteiger partial charge in [0.15, 0.2) is 0 Å². The Hall–Kier alpha value is -4.50. The Bertz CT molecular complexity index is 1550. The van der Waals surface area contributed by atoms with Crippen LogP contribution in [0.25, 0.3) is 0 Å². The Kier molecular flexibility index (Phi) is 7.16. The first-order valence-electron chi connectivity index (χ1n) is 12.3. The highest BCUT2D eigenvalue weighted by atomic mass is 35.5. The number of rotatable bonds is 6. The summed E-state index contributed by atoms with van der Waals surface area (Å²) in [5.41, 5.74) is 8.16. The predicted octanol–water partition coefficient (Wildman–Crippen LogP) is 3.11. The highest BCUT2D eigenvalue weighted by Gasteiger charge is 2.42. The van der Waals surface area contributed by atoms with Gasteiger partial charge in [-0.2, -0.15) is 19.1 Å². The van der Waals surface area contributed by atoms with E-state index in [4.69, 9.17) is 17.3 Å². The molecule has 10 nitrogen and oxygen atoms in total. The number of ether oxygens (including phenoxy) is 1. The number of hydrogen-bond donors (Lipinski definition) is 1. The van der Waals surface area contributed by atoms with Crippen LogP contribution in [0, 0.1) is 11.3 Å². The van der Waals surface area contributed by atoms with Crippen molar-refractivity contribution in [2.24, 2.45) is 5.73 Å². The third kappa shape index (κ3) is 4.96. The molecule has 1 aromatic heterocycles. The van der Waals surface area contributed by atoms with Crippen molar-refractivity contribution in [3.05, 3.63) is 81.1 Å². The molecule has 0 bridgehead atoms. The number of benzene rings is 2. The molecule has 3 heterocycles. The van der Waals surface area contributed by atoms with Crippen molar-refractivity contribution in [1.29, 1.82) is 5.26 Å². The molecule has 0 radical (unpaired) electrons. The average Bonchev–Trinajstić information content (AvgIpc) is 3.27. The topological polar surface area (TPSA) is 135 Å². The molecule has 3 amide bonds. The van der Waals surface area contributed by atoms with Gasteiger partial charge in [-0.05, 0) is 42.8 Å². The van der Waals surface area contributed by atoms with E-state index in [1.165, 1.54) is 46.0 Å². The van der Waals surface area contributed by atoms with Crippen LogP contribution in [0.3, 0.4) is 0 Å². The summed E-state index contributed by atoms with van der Waals surface area (Å²) >= 11 is 6.03. The molecule has 0 unspecified atom stereocenters. The standard InChI is InChI=1S/C27H23ClF2N6O4/c1-14-8-21-19(12-34(14)25(38)16-4-7-20(28)17(9-16)10-31)23-26(39)35(22(24(32)37)13-36(23)33-21)11-15-2-5-18(6-3-15)40-27(29)30/h2-7,9,14,22,27H,8,11-13H2,1H3,(H2,32,37)/t14-,22-/m1/s1. The van der Waals surface area contributed by atoms with Crippen LogP contribution >= 0.6 is 11.6 Å². The second kappa shape index (κ2) is 10.6. The van der Waals surface area contributed by atoms with Gasteiger partial charge in [0.05, 0.1) is 29.4 Å². The number of nitrogens with zero attached hydrogens (tertiary/aromatic N) is 5. The van der Waals surface area contributed by atoms with Gasteiger partial charge in [0.25, 0.3) is 11.8 Å². The highest BCUT2D eigenvalue weighted by Crippen LogP contribution is 2.32. The Labute approximate surface area is 232 Å². The number of fused-ring (bicyclic) bond motifs is 3. The van der Waals surface area contributed by atoms with E-state index in [1.807, 2.05) is 13.0 Å². The molecule has 3 aromatic rings. The van der Waals surface area contributed by atoms with Gasteiger partial charge < -0.3 is 20.3 Å². The summed E-state index contributed by atoms with van der Waals surface area (Å²) in [5.74, 6) is -1.57. The zero-order valence-electron chi connectivity index (χ0n) is 21.2. The van der Waals surface area contributed by atoms with E-state index < -0.39 is 24.5 Å². The van der Waals surface area contributed by atoms with Crippen LogP contribution in [0.15, 0.2) is 42.5 Å². The van der Waals surface area contributed by atoms with Crippen LogP contribution in [-0.2, 0) is 30.8 Å². The maximum atomic E-state index is 13.8. The molecule has 0 saturated carbocycles. The summed E-state index contributed by atoms with van der Waals surface area (Å²) in [4.78, 5) is 42.5. The molecular formula is C27H23ClF2N6O4. The number of nitrogens with two attached hydrogens (primary N) is 1. The van der Waals surface area contributed by atoms with Crippen molar-refractivity contribution in [2.45, 2.75) is 51.7 Å². The number of carbonyl (C=O) groups excluding carboxylic acids is 3. The van der Waals surface area contributed by atoms with E-state index in [2.05, 4.69) is 9.84 Å². The fourth-order valence-electron chi connectivity index (χ4n) is 5.09. The first kappa shape index (κ1) is 27.1. The first-order valence-corrected chi connectivity index (χ1v) is 12.7. The van der Waals surface area contributed by atoms with E-state index in [0.717, 1.165) is 0 Å². The van der Waals surface area contributed by atoms with Crippen LogP contribution in [0.4, 0.5) is 8.78 Å². The SMILES string of the molecule is C[C@@H]1Cc2nn3c(c2CN1C(=O)c1ccc(Cl)c(C#N)c1)C(=O)N(Cc1ccc(OC(F)F)cc1)[C@@H](C(N)=O)C3. The lowest BCUT2D eigenvalue weighted by Gasteiger charge is -2.36. The normalized spacial score (nSPS) is 18.2. The van der Waals surface area contributed by atoms with Gasteiger partial charge in [-0.1, -0.05) is 23.7 Å². The number of primary amides is 1. The summed E-state index contributed by atoms with van der Waals surface area (Å²) in [5, 5.41) is 14.1. The predicted molar refractivity (Wildman–Crippen MR) is 137 cm³/mol. The summed E-state index contributed by atoms with van der Waals surface area (Å²) in [7, 11) is 0. The molecule has 0 spiro atoms. The fraction of sp³-hybridized carbons (Fsp3) is 0.296. The molecule has 0 aliphatic carbocycles. The number of nitriles is 1. The molecule has 13 heteroatoms. The van der Waals surface area contributed by atoms with Crippen molar-refractivity contribution >= 4 is 29.3 Å². The van der Waals surface area contributed by atoms with Crippen molar-refractivity contribution in [3.8, 4) is 11.8 Å². The van der Waals surface area contributed by atoms with Gasteiger partial charge in [-0.15, -0.1) is 0 Å². The highest BCUT2D eigenvalue weighted by molar-refractivity contribution is 6.31. The minimum Gasteiger partial charge on any atom is -0.435 e. The lowest BCUT2D eigenvalue weighted by molar-refractivity contribution is -0.123. The minimum atomic E-state index is -2.97. The molecule has 0 fully saturated rings. The molecule has 2 aliphatic rings. The van der Waals surface area contributed by atoms with E-state index in [9.17, 15) is 28.4 Å². The van der Waals surface area contributed by atoms with Crippen molar-refractivity contribution in [2.75, 3.05) is 0 Å². The molecule has 2 aromatic carbocycles. The smallest absolute Gasteiger partial charge is 0.387 e. The Balaban J connectivity index is 1.44. The van der Waals surface area contributed by atoms with Gasteiger partial charge in [-0.25, -0.2) is 0 Å². The summed E-state index contributed by atoms with van der Waals surface area (Å²) in [6.45, 7) is -0.997. The Morgan fingerprint density at radius 1 is 1.25 bits per heavy atom. The number of halogens is 3. The molecule has 40 heavy (non-hydrogen) atoms. The second-order valence-electron chi connectivity index (χ2n) is 9.62. The molecule has 2 aliphatic heterocycles. The fourth-order valence-corrected chi connectivity index (χ4v) is 5.25. The third-order valence-electron chi connectivity index (χ3n) is 7.09. The van der Waals surface area contributed by atoms with Crippen LogP contribution in [0.1, 0.15) is 50.2 Å². The van der Waals surface area contributed by atoms with E-state index in [1.54, 1.807) is 11.0 Å². The third-order valence-corrected chi connectivity index (χ3v) is 7.42. The zero-order valence-corrected chi connectivity index (χ0v) is 21.9. The Morgan fingerprint density at radius 2 is 1.98 bits per heavy atom. The summed E-state index contributed by atoms with van der Waals surface area (Å²) in [6, 6.07) is 10.9. The summed E-state index contributed by atoms with van der Waals surface area (Å²) < 4.78 is 30.8. The molecular weight excluding hydrogens is 546 g/mol. The molecule has 2 atom stereocenters. The maximum Gasteiger partial charge on any atom is 0.387 e. The number of carbonyl (C=O) groups is 3.